The second-order valence-corrected chi connectivity index (χ2v) is 4.76. The summed E-state index contributed by atoms with van der Waals surface area (Å²) in [5, 5.41) is 12.2. The van der Waals surface area contributed by atoms with E-state index in [2.05, 4.69) is 19.2 Å². The van der Waals surface area contributed by atoms with Crippen LogP contribution in [0.15, 0.2) is 12.1 Å². The number of aryl methyl sites for hydroxylation is 1. The molecule has 2 rings (SSSR count). The van der Waals surface area contributed by atoms with E-state index in [-0.39, 0.29) is 5.41 Å². The Balaban J connectivity index is 2.60. The zero-order valence-electron chi connectivity index (χ0n) is 9.22. The van der Waals surface area contributed by atoms with E-state index < -0.39 is 5.97 Å². The van der Waals surface area contributed by atoms with Crippen LogP contribution in [0.3, 0.4) is 0 Å². The molecule has 15 heavy (non-hydrogen) atoms. The Hall–Kier alpha value is -1.51. The first-order valence-electron chi connectivity index (χ1n) is 5.04. The van der Waals surface area contributed by atoms with Gasteiger partial charge in [0.15, 0.2) is 0 Å². The number of carbonyl (C=O) groups is 1. The Morgan fingerprint density at radius 2 is 2.13 bits per heavy atom. The summed E-state index contributed by atoms with van der Waals surface area (Å²) >= 11 is 0. The second-order valence-electron chi connectivity index (χ2n) is 4.76. The van der Waals surface area contributed by atoms with Crippen molar-refractivity contribution in [3.05, 3.63) is 28.8 Å². The number of rotatable bonds is 1. The lowest BCUT2D eigenvalue weighted by Gasteiger charge is -2.17. The predicted molar refractivity (Wildman–Crippen MR) is 59.7 cm³/mol. The van der Waals surface area contributed by atoms with Crippen LogP contribution in [0.1, 0.15) is 35.3 Å². The van der Waals surface area contributed by atoms with E-state index in [1.165, 1.54) is 5.56 Å². The van der Waals surface area contributed by atoms with Gasteiger partial charge < -0.3 is 10.4 Å². The van der Waals surface area contributed by atoms with Gasteiger partial charge in [0.25, 0.3) is 0 Å². The normalized spacial score (nSPS) is 17.0. The summed E-state index contributed by atoms with van der Waals surface area (Å²) in [6, 6.07) is 3.72. The van der Waals surface area contributed by atoms with Gasteiger partial charge in [-0.1, -0.05) is 19.9 Å². The van der Waals surface area contributed by atoms with E-state index in [0.717, 1.165) is 17.8 Å². The van der Waals surface area contributed by atoms with E-state index in [4.69, 9.17) is 5.11 Å². The molecular formula is C12H15NO2. The lowest BCUT2D eigenvalue weighted by atomic mass is 9.85. The van der Waals surface area contributed by atoms with Crippen molar-refractivity contribution in [3.63, 3.8) is 0 Å². The average Bonchev–Trinajstić information content (AvgIpc) is 2.41. The molecule has 1 heterocycles. The fraction of sp³-hybridized carbons (Fsp3) is 0.417. The Labute approximate surface area is 89.1 Å². The standard InChI is InChI=1S/C12H15NO2/c1-7-4-9-10(5-8(7)11(14)15)13-6-12(9,2)3/h4-5,13H,6H2,1-3H3,(H,14,15). The molecule has 1 aliphatic heterocycles. The van der Waals surface area contributed by atoms with Crippen LogP contribution in [0, 0.1) is 6.92 Å². The van der Waals surface area contributed by atoms with Crippen molar-refractivity contribution in [2.75, 3.05) is 11.9 Å². The lowest BCUT2D eigenvalue weighted by Crippen LogP contribution is -2.19. The molecule has 3 heteroatoms. The van der Waals surface area contributed by atoms with Gasteiger partial charge in [-0.3, -0.25) is 0 Å². The van der Waals surface area contributed by atoms with Gasteiger partial charge in [0.1, 0.15) is 0 Å². The molecule has 2 N–H and O–H groups in total. The summed E-state index contributed by atoms with van der Waals surface area (Å²) in [5.74, 6) is -0.859. The molecule has 1 aromatic carbocycles. The Bertz CT molecular complexity index is 435. The molecule has 0 aliphatic carbocycles. The highest BCUT2D eigenvalue weighted by Crippen LogP contribution is 2.37. The molecule has 0 fully saturated rings. The summed E-state index contributed by atoms with van der Waals surface area (Å²) in [7, 11) is 0. The van der Waals surface area contributed by atoms with Crippen LogP contribution in [-0.2, 0) is 5.41 Å². The number of hydrogen-bond donors (Lipinski definition) is 2. The minimum Gasteiger partial charge on any atom is -0.478 e. The molecule has 0 amide bonds. The van der Waals surface area contributed by atoms with E-state index in [1.54, 1.807) is 6.07 Å². The molecule has 0 atom stereocenters. The molecule has 1 aromatic rings. The first-order valence-corrected chi connectivity index (χ1v) is 5.04. The maximum Gasteiger partial charge on any atom is 0.336 e. The lowest BCUT2D eigenvalue weighted by molar-refractivity contribution is 0.0696. The molecule has 0 saturated carbocycles. The van der Waals surface area contributed by atoms with Gasteiger partial charge in [-0.05, 0) is 24.1 Å². The molecule has 80 valence electrons. The Morgan fingerprint density at radius 1 is 1.47 bits per heavy atom. The third-order valence-corrected chi connectivity index (χ3v) is 3.04. The van der Waals surface area contributed by atoms with Gasteiger partial charge in [-0.15, -0.1) is 0 Å². The van der Waals surface area contributed by atoms with Gasteiger partial charge in [0.2, 0.25) is 0 Å². The second kappa shape index (κ2) is 2.99. The molecule has 0 spiro atoms. The number of carboxylic acid groups (broad SMARTS) is 1. The smallest absolute Gasteiger partial charge is 0.336 e. The number of benzene rings is 1. The Morgan fingerprint density at radius 3 is 2.73 bits per heavy atom. The number of nitrogens with one attached hydrogen (secondary N) is 1. The van der Waals surface area contributed by atoms with Gasteiger partial charge >= 0.3 is 5.97 Å². The number of anilines is 1. The monoisotopic (exact) mass is 205 g/mol. The van der Waals surface area contributed by atoms with E-state index in [0.29, 0.717) is 5.56 Å². The van der Waals surface area contributed by atoms with Crippen LogP contribution < -0.4 is 5.32 Å². The summed E-state index contributed by atoms with van der Waals surface area (Å²) in [6.45, 7) is 7.03. The molecule has 0 unspecified atom stereocenters. The molecular weight excluding hydrogens is 190 g/mol. The molecule has 0 saturated heterocycles. The Kier molecular flexibility index (Phi) is 2.00. The zero-order chi connectivity index (χ0) is 11.2. The van der Waals surface area contributed by atoms with Crippen LogP contribution in [0.5, 0.6) is 0 Å². The highest BCUT2D eigenvalue weighted by molar-refractivity contribution is 5.91. The summed E-state index contributed by atoms with van der Waals surface area (Å²) in [5.41, 5.74) is 3.49. The van der Waals surface area contributed by atoms with E-state index in [9.17, 15) is 4.79 Å². The number of hydrogen-bond acceptors (Lipinski definition) is 2. The minimum atomic E-state index is -0.859. The predicted octanol–water partition coefficient (Wildman–Crippen LogP) is 2.40. The summed E-state index contributed by atoms with van der Waals surface area (Å²) in [4.78, 5) is 11.0. The molecule has 0 radical (unpaired) electrons. The molecule has 0 bridgehead atoms. The van der Waals surface area contributed by atoms with Gasteiger partial charge in [-0.2, -0.15) is 0 Å². The van der Waals surface area contributed by atoms with Crippen molar-refractivity contribution in [2.24, 2.45) is 0 Å². The average molecular weight is 205 g/mol. The van der Waals surface area contributed by atoms with Crippen molar-refractivity contribution in [1.82, 2.24) is 0 Å². The minimum absolute atomic E-state index is 0.0944. The number of aromatic carboxylic acids is 1. The van der Waals surface area contributed by atoms with Crippen molar-refractivity contribution in [2.45, 2.75) is 26.2 Å². The fourth-order valence-electron chi connectivity index (χ4n) is 2.06. The summed E-state index contributed by atoms with van der Waals surface area (Å²) in [6.07, 6.45) is 0. The molecule has 1 aliphatic rings. The largest absolute Gasteiger partial charge is 0.478 e. The number of fused-ring (bicyclic) bond motifs is 1. The number of carboxylic acids is 1. The van der Waals surface area contributed by atoms with E-state index in [1.807, 2.05) is 13.0 Å². The first-order chi connectivity index (χ1) is 6.92. The van der Waals surface area contributed by atoms with Crippen LogP contribution >= 0.6 is 0 Å². The van der Waals surface area contributed by atoms with Crippen LogP contribution in [0.25, 0.3) is 0 Å². The van der Waals surface area contributed by atoms with Crippen molar-refractivity contribution >= 4 is 11.7 Å². The molecule has 0 aromatic heterocycles. The molecule has 3 nitrogen and oxygen atoms in total. The van der Waals surface area contributed by atoms with Crippen molar-refractivity contribution in [1.29, 1.82) is 0 Å². The van der Waals surface area contributed by atoms with Gasteiger partial charge in [0.05, 0.1) is 5.56 Å². The van der Waals surface area contributed by atoms with E-state index >= 15 is 0 Å². The van der Waals surface area contributed by atoms with Crippen molar-refractivity contribution < 1.29 is 9.90 Å². The van der Waals surface area contributed by atoms with Crippen LogP contribution in [-0.4, -0.2) is 17.6 Å². The van der Waals surface area contributed by atoms with Gasteiger partial charge in [0, 0.05) is 17.6 Å². The quantitative estimate of drug-likeness (QED) is 0.740. The SMILES string of the molecule is Cc1cc2c(cc1C(=O)O)NCC2(C)C. The van der Waals surface area contributed by atoms with Crippen molar-refractivity contribution in [3.8, 4) is 0 Å². The van der Waals surface area contributed by atoms with Crippen LogP contribution in [0.2, 0.25) is 0 Å². The maximum atomic E-state index is 11.0. The fourth-order valence-corrected chi connectivity index (χ4v) is 2.06. The first kappa shape index (κ1) is 10.0. The maximum absolute atomic E-state index is 11.0. The van der Waals surface area contributed by atoms with Gasteiger partial charge in [-0.25, -0.2) is 4.79 Å². The third kappa shape index (κ3) is 1.48. The summed E-state index contributed by atoms with van der Waals surface area (Å²) < 4.78 is 0. The third-order valence-electron chi connectivity index (χ3n) is 3.04. The topological polar surface area (TPSA) is 49.3 Å². The highest BCUT2D eigenvalue weighted by atomic mass is 16.4. The van der Waals surface area contributed by atoms with Crippen LogP contribution in [0.4, 0.5) is 5.69 Å². The zero-order valence-corrected chi connectivity index (χ0v) is 9.22. The highest BCUT2D eigenvalue weighted by Gasteiger charge is 2.30.